The summed E-state index contributed by atoms with van der Waals surface area (Å²) in [5, 5.41) is 81.5. The molecule has 2 aromatic rings. The number of benzene rings is 2. The van der Waals surface area contributed by atoms with Crippen molar-refractivity contribution in [2.45, 2.75) is 75.3 Å². The minimum atomic E-state index is -1.87. The van der Waals surface area contributed by atoms with Gasteiger partial charge in [-0.1, -0.05) is 0 Å². The summed E-state index contributed by atoms with van der Waals surface area (Å²) in [5.74, 6) is -2.59. The molecule has 0 radical (unpaired) electrons. The molecule has 2 aromatic carbocycles. The highest BCUT2D eigenvalue weighted by molar-refractivity contribution is 6.30. The molecule has 2 saturated heterocycles. The third-order valence-corrected chi connectivity index (χ3v) is 7.43. The number of hydrogen-bond acceptors (Lipinski definition) is 14. The number of carbonyl (C=O) groups is 2. The summed E-state index contributed by atoms with van der Waals surface area (Å²) < 4.78 is 22.3. The van der Waals surface area contributed by atoms with Gasteiger partial charge in [0.2, 0.25) is 18.4 Å². The Balaban J connectivity index is 1.59. The van der Waals surface area contributed by atoms with Crippen LogP contribution in [0.15, 0.2) is 24.3 Å². The van der Waals surface area contributed by atoms with Gasteiger partial charge in [-0.2, -0.15) is 0 Å². The summed E-state index contributed by atoms with van der Waals surface area (Å²) in [6, 6.07) is 4.97. The van der Waals surface area contributed by atoms with Gasteiger partial charge in [-0.3, -0.25) is 9.59 Å². The lowest BCUT2D eigenvalue weighted by molar-refractivity contribution is -0.277. The lowest BCUT2D eigenvalue weighted by Gasteiger charge is -2.40. The van der Waals surface area contributed by atoms with Gasteiger partial charge >= 0.3 is 0 Å². The van der Waals surface area contributed by atoms with E-state index < -0.39 is 91.1 Å². The van der Waals surface area contributed by atoms with Crippen molar-refractivity contribution in [3.05, 3.63) is 52.1 Å². The second kappa shape index (κ2) is 10.9. The van der Waals surface area contributed by atoms with Gasteiger partial charge in [0, 0.05) is 17.2 Å². The summed E-state index contributed by atoms with van der Waals surface area (Å²) >= 11 is 0. The SMILES string of the molecule is Cc1cc(O)c2c(c1)C(=O)c1cc(OC3OC(C)C(O)C(O)C3O)cc(OC3OC(CO)C(O)C(O)C3O)c1C2=O. The maximum Gasteiger partial charge on any atom is 0.229 e. The normalized spacial score (nSPS) is 35.0. The number of phenols is 1. The Morgan fingerprint density at radius 3 is 2.00 bits per heavy atom. The maximum atomic E-state index is 13.7. The van der Waals surface area contributed by atoms with Crippen LogP contribution in [0.1, 0.15) is 44.3 Å². The van der Waals surface area contributed by atoms with E-state index in [0.717, 1.165) is 12.1 Å². The predicted molar refractivity (Wildman–Crippen MR) is 134 cm³/mol. The van der Waals surface area contributed by atoms with Crippen molar-refractivity contribution >= 4 is 11.6 Å². The fourth-order valence-corrected chi connectivity index (χ4v) is 5.15. The number of carbonyl (C=O) groups excluding carboxylic acids is 2. The van der Waals surface area contributed by atoms with Gasteiger partial charge in [-0.05, 0) is 37.6 Å². The number of rotatable bonds is 5. The Labute approximate surface area is 232 Å². The molecule has 2 aliphatic heterocycles. The van der Waals surface area contributed by atoms with Crippen LogP contribution in [0.5, 0.6) is 17.2 Å². The van der Waals surface area contributed by atoms with Crippen LogP contribution in [-0.4, -0.2) is 120 Å². The molecular weight excluding hydrogens is 548 g/mol. The molecule has 3 aliphatic rings. The summed E-state index contributed by atoms with van der Waals surface area (Å²) in [5.41, 5.74) is -0.492. The average molecular weight is 579 g/mol. The van der Waals surface area contributed by atoms with Crippen LogP contribution >= 0.6 is 0 Å². The highest BCUT2D eigenvalue weighted by atomic mass is 16.7. The lowest BCUT2D eigenvalue weighted by Crippen LogP contribution is -2.60. The van der Waals surface area contributed by atoms with Crippen LogP contribution in [0.3, 0.4) is 0 Å². The number of ketones is 2. The third kappa shape index (κ3) is 4.97. The fourth-order valence-electron chi connectivity index (χ4n) is 5.15. The number of aromatic hydroxyl groups is 1. The van der Waals surface area contributed by atoms with E-state index in [2.05, 4.69) is 0 Å². The van der Waals surface area contributed by atoms with Gasteiger partial charge in [-0.25, -0.2) is 0 Å². The summed E-state index contributed by atoms with van der Waals surface area (Å²) in [7, 11) is 0. The number of aliphatic hydroxyl groups excluding tert-OH is 7. The first-order valence-corrected chi connectivity index (χ1v) is 12.8. The van der Waals surface area contributed by atoms with E-state index in [1.165, 1.54) is 19.1 Å². The van der Waals surface area contributed by atoms with Crippen molar-refractivity contribution in [2.75, 3.05) is 6.61 Å². The average Bonchev–Trinajstić information content (AvgIpc) is 2.93. The van der Waals surface area contributed by atoms with E-state index in [0.29, 0.717) is 5.56 Å². The Kier molecular flexibility index (Phi) is 7.80. The predicted octanol–water partition coefficient (Wildman–Crippen LogP) is -2.14. The van der Waals surface area contributed by atoms with E-state index in [4.69, 9.17) is 18.9 Å². The Bertz CT molecular complexity index is 1360. The molecule has 8 N–H and O–H groups in total. The van der Waals surface area contributed by atoms with E-state index in [1.54, 1.807) is 6.92 Å². The molecule has 0 saturated carbocycles. The minimum absolute atomic E-state index is 0.0999. The van der Waals surface area contributed by atoms with Crippen LogP contribution in [-0.2, 0) is 9.47 Å². The Hall–Kier alpha value is -3.18. The molecule has 14 heteroatoms. The standard InChI is InChI=1S/C27H30O14/c1-8-3-11-16(13(29)4-8)21(33)17-12(19(11)31)5-10(39-26-24(36)22(34)18(30)9(2)38-26)6-14(17)40-27-25(37)23(35)20(32)15(7-28)41-27/h3-6,9,15,18,20,22-30,32,34-37H,7H2,1-2H3. The number of fused-ring (bicyclic) bond motifs is 2. The van der Waals surface area contributed by atoms with Crippen molar-refractivity contribution in [3.8, 4) is 17.2 Å². The van der Waals surface area contributed by atoms with Gasteiger partial charge in [0.15, 0.2) is 5.78 Å². The molecule has 1 aliphatic carbocycles. The Morgan fingerprint density at radius 1 is 0.732 bits per heavy atom. The Morgan fingerprint density at radius 2 is 1.34 bits per heavy atom. The van der Waals surface area contributed by atoms with E-state index in [1.807, 2.05) is 0 Å². The molecule has 0 aromatic heterocycles. The van der Waals surface area contributed by atoms with Crippen molar-refractivity contribution in [1.82, 2.24) is 0 Å². The zero-order valence-corrected chi connectivity index (χ0v) is 21.8. The molecule has 2 fully saturated rings. The molecule has 0 spiro atoms. The molecule has 2 heterocycles. The van der Waals surface area contributed by atoms with Crippen LogP contribution in [0.25, 0.3) is 0 Å². The first kappa shape index (κ1) is 29.3. The van der Waals surface area contributed by atoms with Crippen molar-refractivity contribution < 1.29 is 69.4 Å². The topological polar surface area (TPSA) is 233 Å². The minimum Gasteiger partial charge on any atom is -0.507 e. The molecule has 222 valence electrons. The molecule has 10 unspecified atom stereocenters. The molecule has 41 heavy (non-hydrogen) atoms. The van der Waals surface area contributed by atoms with Crippen LogP contribution in [0.2, 0.25) is 0 Å². The van der Waals surface area contributed by atoms with E-state index in [9.17, 15) is 50.4 Å². The van der Waals surface area contributed by atoms with Gasteiger partial charge in [0.1, 0.15) is 60.0 Å². The van der Waals surface area contributed by atoms with Gasteiger partial charge < -0.3 is 59.8 Å². The van der Waals surface area contributed by atoms with E-state index in [-0.39, 0.29) is 28.0 Å². The summed E-state index contributed by atoms with van der Waals surface area (Å²) in [4.78, 5) is 27.3. The zero-order valence-electron chi connectivity index (χ0n) is 21.8. The number of phenolic OH excluding ortho intramolecular Hbond substituents is 1. The molecule has 0 bridgehead atoms. The van der Waals surface area contributed by atoms with Crippen LogP contribution in [0, 0.1) is 6.92 Å². The highest BCUT2D eigenvalue weighted by Crippen LogP contribution is 2.41. The van der Waals surface area contributed by atoms with Crippen molar-refractivity contribution in [1.29, 1.82) is 0 Å². The molecular formula is C27H30O14. The number of hydrogen-bond donors (Lipinski definition) is 8. The zero-order chi connectivity index (χ0) is 29.9. The third-order valence-electron chi connectivity index (χ3n) is 7.43. The summed E-state index contributed by atoms with van der Waals surface area (Å²) in [6.07, 6.45) is -15.7. The lowest BCUT2D eigenvalue weighted by atomic mass is 9.82. The van der Waals surface area contributed by atoms with Crippen molar-refractivity contribution in [3.63, 3.8) is 0 Å². The quantitative estimate of drug-likeness (QED) is 0.161. The first-order valence-electron chi connectivity index (χ1n) is 12.8. The van der Waals surface area contributed by atoms with E-state index >= 15 is 0 Å². The molecule has 5 rings (SSSR count). The van der Waals surface area contributed by atoms with Gasteiger partial charge in [0.25, 0.3) is 0 Å². The number of aryl methyl sites for hydroxylation is 1. The molecule has 14 nitrogen and oxygen atoms in total. The van der Waals surface area contributed by atoms with Crippen molar-refractivity contribution in [2.24, 2.45) is 0 Å². The number of aliphatic hydroxyl groups is 7. The highest BCUT2D eigenvalue weighted by Gasteiger charge is 2.47. The molecule has 10 atom stereocenters. The second-order valence-electron chi connectivity index (χ2n) is 10.3. The second-order valence-corrected chi connectivity index (χ2v) is 10.3. The maximum absolute atomic E-state index is 13.7. The first-order chi connectivity index (χ1) is 19.3. The van der Waals surface area contributed by atoms with Gasteiger partial charge in [-0.15, -0.1) is 0 Å². The summed E-state index contributed by atoms with van der Waals surface area (Å²) in [6.45, 7) is 2.29. The monoisotopic (exact) mass is 578 g/mol. The largest absolute Gasteiger partial charge is 0.507 e. The fraction of sp³-hybridized carbons (Fsp3) is 0.481. The molecule has 0 amide bonds. The number of ether oxygens (including phenoxy) is 4. The smallest absolute Gasteiger partial charge is 0.229 e. The van der Waals surface area contributed by atoms with Crippen LogP contribution < -0.4 is 9.47 Å². The van der Waals surface area contributed by atoms with Gasteiger partial charge in [0.05, 0.1) is 23.8 Å². The van der Waals surface area contributed by atoms with Crippen LogP contribution in [0.4, 0.5) is 0 Å².